The lowest BCUT2D eigenvalue weighted by atomic mass is 9.90. The molecule has 2 aromatic carbocycles. The van der Waals surface area contributed by atoms with Gasteiger partial charge in [0.2, 0.25) is 11.2 Å². The summed E-state index contributed by atoms with van der Waals surface area (Å²) in [5, 5.41) is 0. The molecule has 2 aliphatic rings. The molecular formula is C32H44Br2N2O8. The highest BCUT2D eigenvalue weighted by Crippen LogP contribution is 2.37. The molecule has 0 radical (unpaired) electrons. The van der Waals surface area contributed by atoms with Crippen LogP contribution in [0.25, 0.3) is 0 Å². The molecule has 2 aliphatic heterocycles. The van der Waals surface area contributed by atoms with Crippen LogP contribution in [0, 0.1) is 0 Å². The second-order valence-electron chi connectivity index (χ2n) is 13.2. The fourth-order valence-corrected chi connectivity index (χ4v) is 5.58. The van der Waals surface area contributed by atoms with Gasteiger partial charge < -0.3 is 18.9 Å². The van der Waals surface area contributed by atoms with Gasteiger partial charge in [-0.1, -0.05) is 31.9 Å². The lowest BCUT2D eigenvalue weighted by Gasteiger charge is -2.38. The number of carbonyl (C=O) groups excluding carboxylic acids is 2. The molecule has 0 spiro atoms. The molecule has 4 atom stereocenters. The van der Waals surface area contributed by atoms with E-state index in [-0.39, 0.29) is 0 Å². The van der Waals surface area contributed by atoms with E-state index in [0.717, 1.165) is 44.4 Å². The molecule has 4 rings (SSSR count). The average Bonchev–Trinajstić information content (AvgIpc) is 2.94. The fraction of sp³-hybridized carbons (Fsp3) is 0.562. The van der Waals surface area contributed by atoms with E-state index in [1.807, 2.05) is 36.4 Å². The Morgan fingerprint density at radius 2 is 1.02 bits per heavy atom. The molecule has 0 saturated carbocycles. The van der Waals surface area contributed by atoms with Crippen molar-refractivity contribution in [3.63, 3.8) is 0 Å². The number of hydrogen-bond acceptors (Lipinski definition) is 10. The standard InChI is InChI=1S/2C16H22BrNO4/c2*1-15(2,3)21-14(19)16(4,22-18)13-8-5-10-9-11(17)6-7-12(10)20-13/h2*6-7,9,13H,5,8,18H2,1-4H3. The van der Waals surface area contributed by atoms with Crippen molar-refractivity contribution in [1.29, 1.82) is 0 Å². The molecule has 4 N–H and O–H groups in total. The molecule has 44 heavy (non-hydrogen) atoms. The van der Waals surface area contributed by atoms with Gasteiger partial charge in [-0.25, -0.2) is 21.4 Å². The van der Waals surface area contributed by atoms with Crippen molar-refractivity contribution < 1.29 is 38.2 Å². The van der Waals surface area contributed by atoms with E-state index in [0.29, 0.717) is 12.8 Å². The first-order chi connectivity index (χ1) is 20.3. The van der Waals surface area contributed by atoms with Crippen LogP contribution in [0.5, 0.6) is 11.5 Å². The predicted octanol–water partition coefficient (Wildman–Crippen LogP) is 6.27. The average molecular weight is 745 g/mol. The molecule has 0 aromatic heterocycles. The van der Waals surface area contributed by atoms with Gasteiger partial charge in [-0.05, 0) is 129 Å². The molecule has 2 heterocycles. The Labute approximate surface area is 276 Å². The number of nitrogens with two attached hydrogens (primary N) is 2. The van der Waals surface area contributed by atoms with Gasteiger partial charge in [0.25, 0.3) is 0 Å². The Hall–Kier alpha value is -2.22. The molecule has 0 aliphatic carbocycles. The zero-order valence-corrected chi connectivity index (χ0v) is 29.8. The summed E-state index contributed by atoms with van der Waals surface area (Å²) < 4.78 is 24.7. The third kappa shape index (κ3) is 8.95. The van der Waals surface area contributed by atoms with Gasteiger partial charge in [0, 0.05) is 8.95 Å². The Bertz CT molecular complexity index is 1240. The number of hydrogen-bond donors (Lipinski definition) is 2. The van der Waals surface area contributed by atoms with Crippen molar-refractivity contribution in [2.75, 3.05) is 0 Å². The number of benzene rings is 2. The Morgan fingerprint density at radius 3 is 1.32 bits per heavy atom. The van der Waals surface area contributed by atoms with Gasteiger partial charge >= 0.3 is 11.9 Å². The maximum absolute atomic E-state index is 12.5. The fourth-order valence-electron chi connectivity index (χ4n) is 4.76. The summed E-state index contributed by atoms with van der Waals surface area (Å²) in [7, 11) is 0. The van der Waals surface area contributed by atoms with Crippen LogP contribution in [0.2, 0.25) is 0 Å². The summed E-state index contributed by atoms with van der Waals surface area (Å²) in [5.41, 5.74) is -1.75. The summed E-state index contributed by atoms with van der Waals surface area (Å²) in [6.45, 7) is 14.0. The second kappa shape index (κ2) is 14.0. The summed E-state index contributed by atoms with van der Waals surface area (Å²) in [6.07, 6.45) is 1.80. The molecular weight excluding hydrogens is 700 g/mol. The molecule has 0 bridgehead atoms. The van der Waals surface area contributed by atoms with Crippen molar-refractivity contribution in [2.45, 2.75) is 116 Å². The zero-order valence-electron chi connectivity index (χ0n) is 26.6. The third-order valence-corrected chi connectivity index (χ3v) is 8.25. The van der Waals surface area contributed by atoms with Gasteiger partial charge in [0.15, 0.2) is 0 Å². The zero-order chi connectivity index (χ0) is 33.1. The summed E-state index contributed by atoms with van der Waals surface area (Å²) in [6, 6.07) is 11.6. The minimum atomic E-state index is -1.35. The first-order valence-corrected chi connectivity index (χ1v) is 16.0. The highest BCUT2D eigenvalue weighted by molar-refractivity contribution is 9.10. The van der Waals surface area contributed by atoms with Crippen molar-refractivity contribution >= 4 is 43.8 Å². The van der Waals surface area contributed by atoms with Gasteiger partial charge in [-0.2, -0.15) is 0 Å². The molecule has 0 saturated heterocycles. The van der Waals surface area contributed by atoms with Gasteiger partial charge in [0.1, 0.15) is 34.9 Å². The maximum atomic E-state index is 12.5. The normalized spacial score (nSPS) is 20.5. The molecule has 2 aromatic rings. The van der Waals surface area contributed by atoms with E-state index in [1.54, 1.807) is 55.4 Å². The van der Waals surface area contributed by atoms with E-state index < -0.39 is 46.6 Å². The van der Waals surface area contributed by atoms with Crippen LogP contribution < -0.4 is 21.3 Å². The Morgan fingerprint density at radius 1 is 0.682 bits per heavy atom. The van der Waals surface area contributed by atoms with E-state index in [2.05, 4.69) is 31.9 Å². The number of halogens is 2. The smallest absolute Gasteiger partial charge is 0.344 e. The highest BCUT2D eigenvalue weighted by atomic mass is 79.9. The predicted molar refractivity (Wildman–Crippen MR) is 173 cm³/mol. The second-order valence-corrected chi connectivity index (χ2v) is 15.1. The largest absolute Gasteiger partial charge is 0.486 e. The van der Waals surface area contributed by atoms with E-state index in [1.165, 1.54) is 0 Å². The van der Waals surface area contributed by atoms with Crippen LogP contribution in [-0.4, -0.2) is 46.6 Å². The molecule has 0 fully saturated rings. The quantitative estimate of drug-likeness (QED) is 0.257. The van der Waals surface area contributed by atoms with Crippen molar-refractivity contribution in [3.05, 3.63) is 56.5 Å². The SMILES string of the molecule is CC(C)(C)OC(=O)C(C)(ON)C1CCc2cc(Br)ccc2O1.CC(C)(C)OC(=O)C(C)(ON)C1CCc2cc(Br)ccc2O1. The number of aryl methyl sites for hydroxylation is 2. The first kappa shape index (κ1) is 36.3. The van der Waals surface area contributed by atoms with E-state index in [9.17, 15) is 9.59 Å². The van der Waals surface area contributed by atoms with Gasteiger partial charge in [-0.3, -0.25) is 9.68 Å². The maximum Gasteiger partial charge on any atom is 0.344 e. The Balaban J connectivity index is 0.000000240. The molecule has 4 unspecified atom stereocenters. The van der Waals surface area contributed by atoms with Crippen LogP contribution in [0.4, 0.5) is 0 Å². The van der Waals surface area contributed by atoms with Gasteiger partial charge in [0.05, 0.1) is 0 Å². The number of carbonyl (C=O) groups is 2. The van der Waals surface area contributed by atoms with Crippen LogP contribution in [0.1, 0.15) is 79.4 Å². The minimum Gasteiger partial charge on any atom is -0.486 e. The minimum absolute atomic E-state index is 0.499. The number of ether oxygens (including phenoxy) is 4. The van der Waals surface area contributed by atoms with Crippen molar-refractivity contribution in [3.8, 4) is 11.5 Å². The van der Waals surface area contributed by atoms with Gasteiger partial charge in [-0.15, -0.1) is 0 Å². The summed E-state index contributed by atoms with van der Waals surface area (Å²) >= 11 is 6.88. The van der Waals surface area contributed by atoms with Crippen LogP contribution in [0.3, 0.4) is 0 Å². The van der Waals surface area contributed by atoms with Crippen LogP contribution in [0.15, 0.2) is 45.3 Å². The highest BCUT2D eigenvalue weighted by Gasteiger charge is 2.49. The summed E-state index contributed by atoms with van der Waals surface area (Å²) in [4.78, 5) is 35.0. The molecule has 12 heteroatoms. The third-order valence-electron chi connectivity index (χ3n) is 7.26. The molecule has 10 nitrogen and oxygen atoms in total. The summed E-state index contributed by atoms with van der Waals surface area (Å²) in [5.74, 6) is 11.3. The topological polar surface area (TPSA) is 142 Å². The lowest BCUT2D eigenvalue weighted by Crippen LogP contribution is -2.56. The first-order valence-electron chi connectivity index (χ1n) is 14.4. The molecule has 0 amide bonds. The lowest BCUT2D eigenvalue weighted by molar-refractivity contribution is -0.196. The monoisotopic (exact) mass is 742 g/mol. The molecule has 244 valence electrons. The Kier molecular flexibility index (Phi) is 11.6. The van der Waals surface area contributed by atoms with E-state index >= 15 is 0 Å². The number of esters is 2. The number of fused-ring (bicyclic) bond motifs is 2. The van der Waals surface area contributed by atoms with Crippen LogP contribution in [-0.2, 0) is 41.6 Å². The van der Waals surface area contributed by atoms with E-state index in [4.69, 9.17) is 40.4 Å². The number of rotatable bonds is 6. The van der Waals surface area contributed by atoms with Crippen molar-refractivity contribution in [2.24, 2.45) is 11.8 Å². The van der Waals surface area contributed by atoms with Crippen molar-refractivity contribution in [1.82, 2.24) is 0 Å². The van der Waals surface area contributed by atoms with Crippen LogP contribution >= 0.6 is 31.9 Å².